The highest BCUT2D eigenvalue weighted by molar-refractivity contribution is 7.89. The molecule has 0 aliphatic carbocycles. The monoisotopic (exact) mass is 400 g/mol. The molecule has 0 aliphatic rings. The van der Waals surface area contributed by atoms with Crippen molar-refractivity contribution in [2.24, 2.45) is 0 Å². The van der Waals surface area contributed by atoms with Crippen molar-refractivity contribution >= 4 is 33.2 Å². The van der Waals surface area contributed by atoms with E-state index in [-0.39, 0.29) is 22.3 Å². The van der Waals surface area contributed by atoms with Crippen LogP contribution in [0.25, 0.3) is 0 Å². The van der Waals surface area contributed by atoms with Crippen molar-refractivity contribution in [3.63, 3.8) is 0 Å². The molecule has 140 valence electrons. The highest BCUT2D eigenvalue weighted by atomic mass is 35.5. The second-order valence-corrected chi connectivity index (χ2v) is 8.24. The van der Waals surface area contributed by atoms with E-state index in [2.05, 4.69) is 5.32 Å². The number of hydrogen-bond donors (Lipinski definition) is 1. The maximum atomic E-state index is 13.1. The molecule has 0 fully saturated rings. The number of ether oxygens (including phenoxy) is 1. The molecule has 0 spiro atoms. The van der Waals surface area contributed by atoms with Gasteiger partial charge in [0.15, 0.2) is 6.61 Å². The fourth-order valence-corrected chi connectivity index (χ4v) is 3.11. The number of anilines is 1. The molecule has 0 aliphatic heterocycles. The highest BCUT2D eigenvalue weighted by Crippen LogP contribution is 2.23. The zero-order valence-corrected chi connectivity index (χ0v) is 16.0. The Hall–Kier alpha value is -2.16. The van der Waals surface area contributed by atoms with Gasteiger partial charge >= 0.3 is 0 Å². The molecule has 26 heavy (non-hydrogen) atoms. The van der Waals surface area contributed by atoms with E-state index >= 15 is 0 Å². The van der Waals surface area contributed by atoms with Gasteiger partial charge in [-0.15, -0.1) is 0 Å². The van der Waals surface area contributed by atoms with Crippen molar-refractivity contribution in [3.8, 4) is 5.75 Å². The molecule has 0 atom stereocenters. The number of amides is 1. The number of nitrogens with one attached hydrogen (secondary N) is 1. The van der Waals surface area contributed by atoms with Crippen LogP contribution in [0.1, 0.15) is 5.56 Å². The van der Waals surface area contributed by atoms with Gasteiger partial charge in [0.25, 0.3) is 5.91 Å². The Morgan fingerprint density at radius 1 is 1.23 bits per heavy atom. The third kappa shape index (κ3) is 4.72. The summed E-state index contributed by atoms with van der Waals surface area (Å²) >= 11 is 5.65. The molecule has 0 radical (unpaired) electrons. The standard InChI is InChI=1S/C17H18ClFN2O4S/c1-11-4-6-13(26(23,24)21(2)3)9-16(11)20-17(22)10-25-12-5-7-15(19)14(18)8-12/h4-9H,10H2,1-3H3,(H,20,22). The van der Waals surface area contributed by atoms with E-state index in [1.165, 1.54) is 38.4 Å². The first-order valence-electron chi connectivity index (χ1n) is 7.52. The molecule has 0 saturated carbocycles. The summed E-state index contributed by atoms with van der Waals surface area (Å²) in [6.45, 7) is 1.40. The summed E-state index contributed by atoms with van der Waals surface area (Å²) < 4.78 is 43.8. The Bertz CT molecular complexity index is 932. The summed E-state index contributed by atoms with van der Waals surface area (Å²) in [6, 6.07) is 8.21. The number of rotatable bonds is 6. The molecule has 0 bridgehead atoms. The Kier molecular flexibility index (Phi) is 6.22. The number of hydrogen-bond acceptors (Lipinski definition) is 4. The summed E-state index contributed by atoms with van der Waals surface area (Å²) in [7, 11) is -0.764. The summed E-state index contributed by atoms with van der Waals surface area (Å²) in [4.78, 5) is 12.1. The zero-order chi connectivity index (χ0) is 19.5. The van der Waals surface area contributed by atoms with Crippen LogP contribution in [0.3, 0.4) is 0 Å². The number of carbonyl (C=O) groups is 1. The van der Waals surface area contributed by atoms with Crippen LogP contribution in [0.5, 0.6) is 5.75 Å². The van der Waals surface area contributed by atoms with Crippen LogP contribution in [0.2, 0.25) is 5.02 Å². The van der Waals surface area contributed by atoms with Gasteiger partial charge < -0.3 is 10.1 Å². The number of sulfonamides is 1. The number of nitrogens with zero attached hydrogens (tertiary/aromatic N) is 1. The maximum absolute atomic E-state index is 13.1. The molecule has 9 heteroatoms. The average Bonchev–Trinajstić information content (AvgIpc) is 2.57. The summed E-state index contributed by atoms with van der Waals surface area (Å²) in [5.41, 5.74) is 1.06. The van der Waals surface area contributed by atoms with Crippen LogP contribution in [-0.2, 0) is 14.8 Å². The minimum absolute atomic E-state index is 0.0645. The fourth-order valence-electron chi connectivity index (χ4n) is 2.01. The van der Waals surface area contributed by atoms with E-state index in [4.69, 9.17) is 16.3 Å². The molecular weight excluding hydrogens is 383 g/mol. The third-order valence-electron chi connectivity index (χ3n) is 3.52. The van der Waals surface area contributed by atoms with Crippen LogP contribution in [0.4, 0.5) is 10.1 Å². The molecule has 0 saturated heterocycles. The Morgan fingerprint density at radius 2 is 1.92 bits per heavy atom. The van der Waals surface area contributed by atoms with Crippen molar-refractivity contribution in [2.45, 2.75) is 11.8 Å². The van der Waals surface area contributed by atoms with Crippen LogP contribution in [-0.4, -0.2) is 39.3 Å². The van der Waals surface area contributed by atoms with Crippen molar-refractivity contribution in [3.05, 3.63) is 52.8 Å². The van der Waals surface area contributed by atoms with Gasteiger partial charge in [0.2, 0.25) is 10.0 Å². The summed E-state index contributed by atoms with van der Waals surface area (Å²) in [6.07, 6.45) is 0. The van der Waals surface area contributed by atoms with E-state index in [9.17, 15) is 17.6 Å². The zero-order valence-electron chi connectivity index (χ0n) is 14.4. The number of halogens is 2. The number of carbonyl (C=O) groups excluding carboxylic acids is 1. The molecular formula is C17H18ClFN2O4S. The van der Waals surface area contributed by atoms with Gasteiger partial charge in [-0.25, -0.2) is 17.1 Å². The molecule has 0 heterocycles. The van der Waals surface area contributed by atoms with Crippen molar-refractivity contribution in [1.29, 1.82) is 0 Å². The van der Waals surface area contributed by atoms with Gasteiger partial charge in [0, 0.05) is 25.8 Å². The summed E-state index contributed by atoms with van der Waals surface area (Å²) in [5, 5.41) is 2.49. The predicted octanol–water partition coefficient (Wildman–Crippen LogP) is 3.06. The van der Waals surface area contributed by atoms with Crippen molar-refractivity contribution in [2.75, 3.05) is 26.0 Å². The van der Waals surface area contributed by atoms with E-state index in [1.807, 2.05) is 0 Å². The Morgan fingerprint density at radius 3 is 2.54 bits per heavy atom. The molecule has 1 amide bonds. The first-order valence-corrected chi connectivity index (χ1v) is 9.34. The van der Waals surface area contributed by atoms with Crippen LogP contribution in [0.15, 0.2) is 41.3 Å². The largest absolute Gasteiger partial charge is 0.484 e. The second-order valence-electron chi connectivity index (χ2n) is 5.68. The summed E-state index contributed by atoms with van der Waals surface area (Å²) in [5.74, 6) is -0.835. The minimum Gasteiger partial charge on any atom is -0.484 e. The molecule has 0 aromatic heterocycles. The van der Waals surface area contributed by atoms with Gasteiger partial charge in [0.05, 0.1) is 9.92 Å². The Balaban J connectivity index is 2.10. The molecule has 2 aromatic rings. The van der Waals surface area contributed by atoms with Gasteiger partial charge in [-0.1, -0.05) is 17.7 Å². The quantitative estimate of drug-likeness (QED) is 0.808. The van der Waals surface area contributed by atoms with E-state index in [1.54, 1.807) is 13.0 Å². The topological polar surface area (TPSA) is 75.7 Å². The van der Waals surface area contributed by atoms with E-state index in [0.717, 1.165) is 10.4 Å². The highest BCUT2D eigenvalue weighted by Gasteiger charge is 2.18. The first-order chi connectivity index (χ1) is 12.1. The normalized spacial score (nSPS) is 11.5. The lowest BCUT2D eigenvalue weighted by Crippen LogP contribution is -2.23. The smallest absolute Gasteiger partial charge is 0.262 e. The third-order valence-corrected chi connectivity index (χ3v) is 5.62. The van der Waals surface area contributed by atoms with Crippen LogP contribution < -0.4 is 10.1 Å². The number of benzene rings is 2. The molecule has 2 rings (SSSR count). The Labute approximate surface area is 156 Å². The second kappa shape index (κ2) is 8.03. The number of aryl methyl sites for hydroxylation is 1. The van der Waals surface area contributed by atoms with Crippen molar-refractivity contribution in [1.82, 2.24) is 4.31 Å². The molecule has 6 nitrogen and oxygen atoms in total. The molecule has 0 unspecified atom stereocenters. The lowest BCUT2D eigenvalue weighted by Gasteiger charge is -2.14. The average molecular weight is 401 g/mol. The fraction of sp³-hybridized carbons (Fsp3) is 0.235. The van der Waals surface area contributed by atoms with Gasteiger partial charge in [0.1, 0.15) is 11.6 Å². The van der Waals surface area contributed by atoms with E-state index < -0.39 is 21.7 Å². The predicted molar refractivity (Wildman–Crippen MR) is 97.6 cm³/mol. The van der Waals surface area contributed by atoms with Crippen molar-refractivity contribution < 1.29 is 22.3 Å². The van der Waals surface area contributed by atoms with Crippen LogP contribution >= 0.6 is 11.6 Å². The molecule has 2 aromatic carbocycles. The lowest BCUT2D eigenvalue weighted by atomic mass is 10.2. The maximum Gasteiger partial charge on any atom is 0.262 e. The van der Waals surface area contributed by atoms with Gasteiger partial charge in [-0.3, -0.25) is 4.79 Å². The van der Waals surface area contributed by atoms with Gasteiger partial charge in [-0.2, -0.15) is 0 Å². The minimum atomic E-state index is -3.62. The van der Waals surface area contributed by atoms with Gasteiger partial charge in [-0.05, 0) is 36.8 Å². The first kappa shape index (κ1) is 20.2. The van der Waals surface area contributed by atoms with Crippen LogP contribution in [0, 0.1) is 12.7 Å². The lowest BCUT2D eigenvalue weighted by molar-refractivity contribution is -0.118. The SMILES string of the molecule is Cc1ccc(S(=O)(=O)N(C)C)cc1NC(=O)COc1ccc(F)c(Cl)c1. The molecule has 1 N–H and O–H groups in total. The van der Waals surface area contributed by atoms with E-state index in [0.29, 0.717) is 11.3 Å².